The van der Waals surface area contributed by atoms with Gasteiger partial charge in [0.2, 0.25) is 5.91 Å². The SMILES string of the molecule is O=C(O)C(Cc1c[nH]cn1)NC(=O)C1CCCN1O. The fourth-order valence-electron chi connectivity index (χ4n) is 2.10. The third-order valence-electron chi connectivity index (χ3n) is 3.11. The molecule has 1 fully saturated rings. The highest BCUT2D eigenvalue weighted by Crippen LogP contribution is 2.14. The number of rotatable bonds is 5. The van der Waals surface area contributed by atoms with Crippen LogP contribution in [-0.2, 0) is 16.0 Å². The zero-order chi connectivity index (χ0) is 13.8. The molecule has 0 spiro atoms. The van der Waals surface area contributed by atoms with E-state index < -0.39 is 24.0 Å². The number of hydrogen-bond donors (Lipinski definition) is 4. The molecule has 0 bridgehead atoms. The Morgan fingerprint density at radius 2 is 2.42 bits per heavy atom. The van der Waals surface area contributed by atoms with Crippen molar-refractivity contribution in [1.82, 2.24) is 20.3 Å². The zero-order valence-electron chi connectivity index (χ0n) is 10.2. The first-order valence-corrected chi connectivity index (χ1v) is 6.04. The topological polar surface area (TPSA) is 119 Å². The van der Waals surface area contributed by atoms with Crippen LogP contribution in [-0.4, -0.2) is 55.8 Å². The molecule has 2 heterocycles. The average molecular weight is 268 g/mol. The third-order valence-corrected chi connectivity index (χ3v) is 3.11. The Morgan fingerprint density at radius 1 is 1.63 bits per heavy atom. The molecule has 1 aliphatic rings. The molecule has 1 saturated heterocycles. The number of H-pyrrole nitrogens is 1. The van der Waals surface area contributed by atoms with Crippen molar-refractivity contribution in [2.24, 2.45) is 0 Å². The summed E-state index contributed by atoms with van der Waals surface area (Å²) >= 11 is 0. The third kappa shape index (κ3) is 3.30. The van der Waals surface area contributed by atoms with Gasteiger partial charge in [0.15, 0.2) is 0 Å². The van der Waals surface area contributed by atoms with Gasteiger partial charge in [0.25, 0.3) is 0 Å². The van der Waals surface area contributed by atoms with Gasteiger partial charge in [-0.15, -0.1) is 0 Å². The van der Waals surface area contributed by atoms with E-state index in [1.807, 2.05) is 0 Å². The van der Waals surface area contributed by atoms with E-state index in [2.05, 4.69) is 15.3 Å². The highest BCUT2D eigenvalue weighted by molar-refractivity contribution is 5.87. The monoisotopic (exact) mass is 268 g/mol. The maximum atomic E-state index is 11.9. The molecule has 1 aromatic heterocycles. The van der Waals surface area contributed by atoms with Crippen molar-refractivity contribution in [1.29, 1.82) is 0 Å². The Labute approximate surface area is 109 Å². The van der Waals surface area contributed by atoms with Crippen LogP contribution >= 0.6 is 0 Å². The van der Waals surface area contributed by atoms with Crippen molar-refractivity contribution >= 4 is 11.9 Å². The summed E-state index contributed by atoms with van der Waals surface area (Å²) in [6.45, 7) is 0.426. The first-order chi connectivity index (χ1) is 9.08. The summed E-state index contributed by atoms with van der Waals surface area (Å²) in [6, 6.07) is -1.72. The summed E-state index contributed by atoms with van der Waals surface area (Å²) in [5, 5.41) is 22.0. The van der Waals surface area contributed by atoms with Gasteiger partial charge in [0, 0.05) is 19.2 Å². The normalized spacial score (nSPS) is 21.2. The maximum absolute atomic E-state index is 11.9. The van der Waals surface area contributed by atoms with Crippen LogP contribution in [0, 0.1) is 0 Å². The molecule has 1 amide bonds. The van der Waals surface area contributed by atoms with E-state index in [4.69, 9.17) is 5.11 Å². The second-order valence-electron chi connectivity index (χ2n) is 4.49. The van der Waals surface area contributed by atoms with E-state index in [0.29, 0.717) is 25.1 Å². The highest BCUT2D eigenvalue weighted by Gasteiger charge is 2.32. The summed E-state index contributed by atoms with van der Waals surface area (Å²) in [4.78, 5) is 29.7. The number of hydroxylamine groups is 2. The van der Waals surface area contributed by atoms with Crippen LogP contribution in [0.1, 0.15) is 18.5 Å². The van der Waals surface area contributed by atoms with Crippen molar-refractivity contribution in [3.8, 4) is 0 Å². The minimum atomic E-state index is -1.13. The van der Waals surface area contributed by atoms with E-state index in [1.54, 1.807) is 6.20 Å². The zero-order valence-corrected chi connectivity index (χ0v) is 10.2. The predicted molar refractivity (Wildman–Crippen MR) is 63.4 cm³/mol. The lowest BCUT2D eigenvalue weighted by Crippen LogP contribution is -2.49. The lowest BCUT2D eigenvalue weighted by Gasteiger charge is -2.20. The van der Waals surface area contributed by atoms with Crippen LogP contribution in [0.4, 0.5) is 0 Å². The van der Waals surface area contributed by atoms with E-state index >= 15 is 0 Å². The van der Waals surface area contributed by atoms with Crippen molar-refractivity contribution in [2.45, 2.75) is 31.3 Å². The fraction of sp³-hybridized carbons (Fsp3) is 0.545. The number of aromatic amines is 1. The molecular formula is C11H16N4O4. The molecule has 1 aromatic rings. The van der Waals surface area contributed by atoms with Crippen molar-refractivity contribution in [3.05, 3.63) is 18.2 Å². The van der Waals surface area contributed by atoms with Gasteiger partial charge in [-0.1, -0.05) is 0 Å². The van der Waals surface area contributed by atoms with Crippen molar-refractivity contribution in [3.63, 3.8) is 0 Å². The van der Waals surface area contributed by atoms with Crippen molar-refractivity contribution in [2.75, 3.05) is 6.54 Å². The summed E-state index contributed by atoms with van der Waals surface area (Å²) in [5.41, 5.74) is 0.556. The predicted octanol–water partition coefficient (Wildman–Crippen LogP) is -0.625. The number of nitrogens with zero attached hydrogens (tertiary/aromatic N) is 2. The molecule has 8 nitrogen and oxygen atoms in total. The lowest BCUT2D eigenvalue weighted by molar-refractivity contribution is -0.150. The van der Waals surface area contributed by atoms with Crippen LogP contribution in [0.3, 0.4) is 0 Å². The minimum Gasteiger partial charge on any atom is -0.480 e. The van der Waals surface area contributed by atoms with Crippen LogP contribution in [0.2, 0.25) is 0 Å². The molecule has 19 heavy (non-hydrogen) atoms. The Kier molecular flexibility index (Phi) is 4.13. The number of carbonyl (C=O) groups is 2. The minimum absolute atomic E-state index is 0.0999. The fourth-order valence-corrected chi connectivity index (χ4v) is 2.10. The highest BCUT2D eigenvalue weighted by atomic mass is 16.5. The number of imidazole rings is 1. The maximum Gasteiger partial charge on any atom is 0.326 e. The standard InChI is InChI=1S/C11H16N4O4/c16-10(9-2-1-3-15(9)19)14-8(11(17)18)4-7-5-12-6-13-7/h5-6,8-9,19H,1-4H2,(H,12,13)(H,14,16)(H,17,18). The molecule has 2 rings (SSSR count). The summed E-state index contributed by atoms with van der Waals surface area (Å²) in [6.07, 6.45) is 4.37. The summed E-state index contributed by atoms with van der Waals surface area (Å²) in [5.74, 6) is -1.60. The first kappa shape index (κ1) is 13.5. The quantitative estimate of drug-likeness (QED) is 0.565. The lowest BCUT2D eigenvalue weighted by atomic mass is 10.1. The van der Waals surface area contributed by atoms with E-state index in [1.165, 1.54) is 6.33 Å². The Balaban J connectivity index is 1.96. The molecule has 2 unspecified atom stereocenters. The van der Waals surface area contributed by atoms with Gasteiger partial charge in [0.05, 0.1) is 12.0 Å². The molecule has 0 saturated carbocycles. The van der Waals surface area contributed by atoms with E-state index in [-0.39, 0.29) is 6.42 Å². The van der Waals surface area contributed by atoms with Gasteiger partial charge in [0.1, 0.15) is 12.1 Å². The molecular weight excluding hydrogens is 252 g/mol. The number of nitrogens with one attached hydrogen (secondary N) is 2. The van der Waals surface area contributed by atoms with Gasteiger partial charge in [-0.3, -0.25) is 4.79 Å². The molecule has 4 N–H and O–H groups in total. The van der Waals surface area contributed by atoms with Crippen LogP contribution in [0.15, 0.2) is 12.5 Å². The van der Waals surface area contributed by atoms with Crippen LogP contribution in [0.5, 0.6) is 0 Å². The Hall–Kier alpha value is -1.93. The number of aliphatic carboxylic acids is 1. The summed E-state index contributed by atoms with van der Waals surface area (Å²) < 4.78 is 0. The van der Waals surface area contributed by atoms with E-state index in [9.17, 15) is 14.8 Å². The Morgan fingerprint density at radius 3 is 2.95 bits per heavy atom. The van der Waals surface area contributed by atoms with Crippen LogP contribution < -0.4 is 5.32 Å². The number of aromatic nitrogens is 2. The van der Waals surface area contributed by atoms with Gasteiger partial charge < -0.3 is 20.6 Å². The second kappa shape index (κ2) is 5.81. The largest absolute Gasteiger partial charge is 0.480 e. The molecule has 0 radical (unpaired) electrons. The molecule has 104 valence electrons. The number of carboxylic acids is 1. The first-order valence-electron chi connectivity index (χ1n) is 6.04. The Bertz CT molecular complexity index is 448. The van der Waals surface area contributed by atoms with Crippen molar-refractivity contribution < 1.29 is 19.9 Å². The van der Waals surface area contributed by atoms with Crippen LogP contribution in [0.25, 0.3) is 0 Å². The summed E-state index contributed by atoms with van der Waals surface area (Å²) in [7, 11) is 0. The van der Waals surface area contributed by atoms with Gasteiger partial charge in [-0.05, 0) is 12.8 Å². The molecule has 8 heteroatoms. The molecule has 0 aliphatic carbocycles. The molecule has 2 atom stereocenters. The van der Waals surface area contributed by atoms with Gasteiger partial charge >= 0.3 is 5.97 Å². The number of carboxylic acid groups (broad SMARTS) is 1. The molecule has 0 aromatic carbocycles. The average Bonchev–Trinajstić information content (AvgIpc) is 2.99. The second-order valence-corrected chi connectivity index (χ2v) is 4.49. The van der Waals surface area contributed by atoms with Gasteiger partial charge in [-0.25, -0.2) is 9.78 Å². The van der Waals surface area contributed by atoms with E-state index in [0.717, 1.165) is 5.06 Å². The molecule has 1 aliphatic heterocycles. The number of hydrogen-bond acceptors (Lipinski definition) is 5. The number of carbonyl (C=O) groups excluding carboxylic acids is 1. The van der Waals surface area contributed by atoms with Gasteiger partial charge in [-0.2, -0.15) is 5.06 Å². The smallest absolute Gasteiger partial charge is 0.326 e. The number of amides is 1.